The van der Waals surface area contributed by atoms with Crippen molar-refractivity contribution in [2.24, 2.45) is 0 Å². The average Bonchev–Trinajstić information content (AvgIpc) is 2.71. The van der Waals surface area contributed by atoms with Crippen molar-refractivity contribution in [3.05, 3.63) is 23.9 Å². The molecular weight excluding hydrogens is 257 g/mol. The zero-order chi connectivity index (χ0) is 13.9. The Bertz CT molecular complexity index is 547. The quantitative estimate of drug-likeness (QED) is 0.850. The summed E-state index contributed by atoms with van der Waals surface area (Å²) in [6.45, 7) is 2.36. The molecule has 0 spiro atoms. The monoisotopic (exact) mass is 272 g/mol. The van der Waals surface area contributed by atoms with Crippen LogP contribution in [0.15, 0.2) is 18.3 Å². The van der Waals surface area contributed by atoms with Crippen molar-refractivity contribution >= 4 is 11.6 Å². The largest absolute Gasteiger partial charge is 0.389 e. The van der Waals surface area contributed by atoms with Crippen molar-refractivity contribution in [3.8, 4) is 0 Å². The van der Waals surface area contributed by atoms with Crippen LogP contribution in [-0.4, -0.2) is 27.3 Å². The van der Waals surface area contributed by atoms with Crippen molar-refractivity contribution in [1.82, 2.24) is 14.6 Å². The van der Waals surface area contributed by atoms with Gasteiger partial charge in [0.2, 0.25) is 5.95 Å². The maximum absolute atomic E-state index is 11.9. The van der Waals surface area contributed by atoms with Crippen LogP contribution in [0.4, 0.5) is 19.1 Å². The molecule has 2 aromatic heterocycles. The standard InChI is InChI=1S/C12H15F3N4/c1-9-5-4-8-19-10(9)17-11(18-19)16-7-3-2-6-12(13,14)15/h4-5,8H,2-3,6-7H2,1H3,(H,16,18). The lowest BCUT2D eigenvalue weighted by molar-refractivity contribution is -0.135. The van der Waals surface area contributed by atoms with E-state index in [-0.39, 0.29) is 6.42 Å². The van der Waals surface area contributed by atoms with E-state index < -0.39 is 12.6 Å². The summed E-state index contributed by atoms with van der Waals surface area (Å²) >= 11 is 0. The first-order valence-corrected chi connectivity index (χ1v) is 6.08. The SMILES string of the molecule is Cc1cccn2nc(NCCCCC(F)(F)F)nc12. The Labute approximate surface area is 108 Å². The van der Waals surface area contributed by atoms with E-state index in [0.29, 0.717) is 18.9 Å². The molecule has 0 aliphatic rings. The number of rotatable bonds is 5. The van der Waals surface area contributed by atoms with Gasteiger partial charge >= 0.3 is 6.18 Å². The summed E-state index contributed by atoms with van der Waals surface area (Å²) in [6.07, 6.45) is -2.48. The summed E-state index contributed by atoms with van der Waals surface area (Å²) in [5.74, 6) is 0.446. The number of anilines is 1. The van der Waals surface area contributed by atoms with Crippen molar-refractivity contribution in [2.45, 2.75) is 32.4 Å². The van der Waals surface area contributed by atoms with Crippen molar-refractivity contribution in [1.29, 1.82) is 0 Å². The van der Waals surface area contributed by atoms with Crippen LogP contribution in [0.3, 0.4) is 0 Å². The van der Waals surface area contributed by atoms with Crippen molar-refractivity contribution in [2.75, 3.05) is 11.9 Å². The molecule has 0 atom stereocenters. The highest BCUT2D eigenvalue weighted by atomic mass is 19.4. The molecule has 0 unspecified atom stereocenters. The fourth-order valence-electron chi connectivity index (χ4n) is 1.77. The lowest BCUT2D eigenvalue weighted by Crippen LogP contribution is -2.09. The molecule has 0 aliphatic carbocycles. The van der Waals surface area contributed by atoms with E-state index in [0.717, 1.165) is 11.2 Å². The third-order valence-corrected chi connectivity index (χ3v) is 2.73. The summed E-state index contributed by atoms with van der Waals surface area (Å²) in [7, 11) is 0. The molecule has 0 radical (unpaired) electrons. The lowest BCUT2D eigenvalue weighted by atomic mass is 10.2. The number of nitrogens with zero attached hydrogens (tertiary/aromatic N) is 3. The Morgan fingerprint density at radius 1 is 1.32 bits per heavy atom. The van der Waals surface area contributed by atoms with Gasteiger partial charge in [-0.15, -0.1) is 5.10 Å². The summed E-state index contributed by atoms with van der Waals surface area (Å²) in [6, 6.07) is 3.79. The molecule has 2 aromatic rings. The number of hydrogen-bond donors (Lipinski definition) is 1. The predicted molar refractivity (Wildman–Crippen MR) is 66.1 cm³/mol. The summed E-state index contributed by atoms with van der Waals surface area (Å²) in [5, 5.41) is 7.13. The molecule has 2 rings (SSSR count). The second-order valence-corrected chi connectivity index (χ2v) is 4.39. The van der Waals surface area contributed by atoms with Gasteiger partial charge in [-0.05, 0) is 31.4 Å². The van der Waals surface area contributed by atoms with Gasteiger partial charge in [-0.3, -0.25) is 0 Å². The molecule has 0 amide bonds. The number of alkyl halides is 3. The van der Waals surface area contributed by atoms with Crippen LogP contribution in [0.25, 0.3) is 5.65 Å². The average molecular weight is 272 g/mol. The number of fused-ring (bicyclic) bond motifs is 1. The van der Waals surface area contributed by atoms with Gasteiger partial charge in [0, 0.05) is 19.2 Å². The highest BCUT2D eigenvalue weighted by molar-refractivity contribution is 5.49. The number of pyridine rings is 1. The van der Waals surface area contributed by atoms with Gasteiger partial charge in [-0.1, -0.05) is 6.07 Å². The molecule has 4 nitrogen and oxygen atoms in total. The number of hydrogen-bond acceptors (Lipinski definition) is 3. The highest BCUT2D eigenvalue weighted by Crippen LogP contribution is 2.22. The van der Waals surface area contributed by atoms with Gasteiger partial charge in [0.1, 0.15) is 0 Å². The van der Waals surface area contributed by atoms with Crippen LogP contribution in [0.1, 0.15) is 24.8 Å². The first-order chi connectivity index (χ1) is 8.96. The van der Waals surface area contributed by atoms with Gasteiger partial charge in [-0.25, -0.2) is 4.52 Å². The summed E-state index contributed by atoms with van der Waals surface area (Å²) in [4.78, 5) is 4.28. The Hall–Kier alpha value is -1.79. The number of nitrogens with one attached hydrogen (secondary N) is 1. The molecule has 0 saturated carbocycles. The molecule has 0 aromatic carbocycles. The minimum Gasteiger partial charge on any atom is -0.353 e. The molecule has 104 valence electrons. The van der Waals surface area contributed by atoms with Crippen LogP contribution in [0.2, 0.25) is 0 Å². The Morgan fingerprint density at radius 2 is 2.11 bits per heavy atom. The highest BCUT2D eigenvalue weighted by Gasteiger charge is 2.25. The Morgan fingerprint density at radius 3 is 2.79 bits per heavy atom. The van der Waals surface area contributed by atoms with E-state index in [1.807, 2.05) is 19.1 Å². The predicted octanol–water partition coefficient (Wildman–Crippen LogP) is 3.18. The number of aryl methyl sites for hydroxylation is 1. The van der Waals surface area contributed by atoms with Crippen LogP contribution < -0.4 is 5.32 Å². The van der Waals surface area contributed by atoms with Gasteiger partial charge < -0.3 is 5.32 Å². The topological polar surface area (TPSA) is 42.2 Å². The Kier molecular flexibility index (Phi) is 3.92. The van der Waals surface area contributed by atoms with E-state index in [2.05, 4.69) is 15.4 Å². The smallest absolute Gasteiger partial charge is 0.353 e. The second-order valence-electron chi connectivity index (χ2n) is 4.39. The molecular formula is C12H15F3N4. The molecule has 0 aliphatic heterocycles. The van der Waals surface area contributed by atoms with Crippen LogP contribution in [0, 0.1) is 6.92 Å². The maximum atomic E-state index is 11.9. The molecule has 19 heavy (non-hydrogen) atoms. The summed E-state index contributed by atoms with van der Waals surface area (Å²) in [5.41, 5.74) is 1.75. The fourth-order valence-corrected chi connectivity index (χ4v) is 1.77. The molecule has 2 heterocycles. The van der Waals surface area contributed by atoms with E-state index >= 15 is 0 Å². The molecule has 1 N–H and O–H groups in total. The molecule has 0 saturated heterocycles. The molecule has 0 bridgehead atoms. The van der Waals surface area contributed by atoms with E-state index in [9.17, 15) is 13.2 Å². The third kappa shape index (κ3) is 3.84. The minimum absolute atomic E-state index is 0.114. The Balaban J connectivity index is 1.84. The number of unbranched alkanes of at least 4 members (excludes halogenated alkanes) is 1. The van der Waals surface area contributed by atoms with Crippen molar-refractivity contribution < 1.29 is 13.2 Å². The van der Waals surface area contributed by atoms with E-state index in [1.54, 1.807) is 10.7 Å². The van der Waals surface area contributed by atoms with Crippen LogP contribution in [-0.2, 0) is 0 Å². The van der Waals surface area contributed by atoms with Gasteiger partial charge in [0.25, 0.3) is 0 Å². The lowest BCUT2D eigenvalue weighted by Gasteiger charge is -2.05. The molecule has 0 fully saturated rings. The maximum Gasteiger partial charge on any atom is 0.389 e. The third-order valence-electron chi connectivity index (χ3n) is 2.73. The van der Waals surface area contributed by atoms with Gasteiger partial charge in [0.15, 0.2) is 5.65 Å². The number of aromatic nitrogens is 3. The van der Waals surface area contributed by atoms with E-state index in [4.69, 9.17) is 0 Å². The first kappa shape index (κ1) is 13.6. The zero-order valence-electron chi connectivity index (χ0n) is 10.5. The number of halogens is 3. The molecule has 7 heteroatoms. The van der Waals surface area contributed by atoms with Crippen LogP contribution in [0.5, 0.6) is 0 Å². The summed E-state index contributed by atoms with van der Waals surface area (Å²) < 4.78 is 37.5. The normalized spacial score (nSPS) is 12.0. The fraction of sp³-hybridized carbons (Fsp3) is 0.500. The minimum atomic E-state index is -4.07. The van der Waals surface area contributed by atoms with Crippen molar-refractivity contribution in [3.63, 3.8) is 0 Å². The van der Waals surface area contributed by atoms with Crippen LogP contribution >= 0.6 is 0 Å². The van der Waals surface area contributed by atoms with Gasteiger partial charge in [0.05, 0.1) is 0 Å². The second kappa shape index (κ2) is 5.46. The van der Waals surface area contributed by atoms with E-state index in [1.165, 1.54) is 0 Å². The first-order valence-electron chi connectivity index (χ1n) is 6.08. The zero-order valence-corrected chi connectivity index (χ0v) is 10.5. The van der Waals surface area contributed by atoms with Gasteiger partial charge in [-0.2, -0.15) is 18.2 Å².